The van der Waals surface area contributed by atoms with E-state index in [0.29, 0.717) is 11.5 Å². The Morgan fingerprint density at radius 1 is 0.872 bits per heavy atom. The molecule has 0 unspecified atom stereocenters. The molecule has 0 aliphatic carbocycles. The lowest BCUT2D eigenvalue weighted by Gasteiger charge is -2.23. The molecular weight excluding hydrogens is 484 g/mol. The maximum Gasteiger partial charge on any atom is 0.122 e. The molecule has 0 radical (unpaired) electrons. The number of aliphatic hydroxyl groups excluding tert-OH is 3. The summed E-state index contributed by atoms with van der Waals surface area (Å²) in [5.74, 6) is 1.61. The van der Waals surface area contributed by atoms with Crippen molar-refractivity contribution in [2.24, 2.45) is 0 Å². The van der Waals surface area contributed by atoms with Crippen molar-refractivity contribution < 1.29 is 20.1 Å². The molecule has 4 nitrogen and oxygen atoms in total. The van der Waals surface area contributed by atoms with Crippen molar-refractivity contribution in [2.45, 2.75) is 74.1 Å². The number of rotatable bonds is 5. The number of methoxy groups -OCH3 is 1. The number of aliphatic hydroxyl groups is 3. The zero-order valence-corrected chi connectivity index (χ0v) is 25.9. The van der Waals surface area contributed by atoms with Crippen LogP contribution in [0.4, 0.5) is 0 Å². The normalized spacial score (nSPS) is 11.5. The average molecular weight is 535 g/mol. The number of hydrogen-bond donors (Lipinski definition) is 3. The van der Waals surface area contributed by atoms with Crippen LogP contribution in [0.25, 0.3) is 27.5 Å². The van der Waals surface area contributed by atoms with E-state index in [1.807, 2.05) is 13.8 Å². The molecule has 0 bridgehead atoms. The lowest BCUT2D eigenvalue weighted by molar-refractivity contribution is 0.397. The van der Waals surface area contributed by atoms with E-state index in [-0.39, 0.29) is 5.41 Å². The zero-order valence-electron chi connectivity index (χ0n) is 25.9. The zero-order chi connectivity index (χ0) is 30.3. The molecule has 3 N–H and O–H groups in total. The minimum absolute atomic E-state index is 0.000331. The Bertz CT molecular complexity index is 1250. The molecule has 3 aromatic rings. The van der Waals surface area contributed by atoms with Crippen LogP contribution in [0, 0.1) is 0 Å². The van der Waals surface area contributed by atoms with Crippen LogP contribution in [0.15, 0.2) is 84.3 Å². The van der Waals surface area contributed by atoms with Gasteiger partial charge >= 0.3 is 0 Å². The number of benzene rings is 3. The maximum atomic E-state index is 10.2. The molecule has 3 aromatic carbocycles. The fourth-order valence-corrected chi connectivity index (χ4v) is 3.90. The topological polar surface area (TPSA) is 69.9 Å². The van der Waals surface area contributed by atoms with Gasteiger partial charge in [0.2, 0.25) is 0 Å². The summed E-state index contributed by atoms with van der Waals surface area (Å²) in [7, 11) is 2.72. The lowest BCUT2D eigenvalue weighted by Crippen LogP contribution is -2.12. The fraction of sp³-hybridized carbons (Fsp3) is 0.371. The summed E-state index contributed by atoms with van der Waals surface area (Å²) < 4.78 is 5.58. The molecule has 214 valence electrons. The van der Waals surface area contributed by atoms with Gasteiger partial charge in [-0.1, -0.05) is 84.5 Å². The molecule has 3 rings (SSSR count). The van der Waals surface area contributed by atoms with E-state index in [1.165, 1.54) is 22.1 Å². The summed E-state index contributed by atoms with van der Waals surface area (Å²) in [6.07, 6.45) is 2.44. The minimum Gasteiger partial charge on any atom is -0.513 e. The highest BCUT2D eigenvalue weighted by atomic mass is 16.5. The summed E-state index contributed by atoms with van der Waals surface area (Å²) in [4.78, 5) is 0. The third-order valence-corrected chi connectivity index (χ3v) is 6.03. The van der Waals surface area contributed by atoms with Crippen LogP contribution in [-0.4, -0.2) is 29.5 Å². The van der Waals surface area contributed by atoms with Gasteiger partial charge in [0.05, 0.1) is 18.6 Å². The first-order valence-corrected chi connectivity index (χ1v) is 13.5. The van der Waals surface area contributed by atoms with Crippen LogP contribution in [0.3, 0.4) is 0 Å². The van der Waals surface area contributed by atoms with Crippen molar-refractivity contribution in [3.8, 4) is 16.9 Å². The molecule has 0 amide bonds. The first kappa shape index (κ1) is 35.5. The summed E-state index contributed by atoms with van der Waals surface area (Å²) in [5.41, 5.74) is 6.34. The molecule has 0 spiro atoms. The minimum atomic E-state index is -0.000331. The third kappa shape index (κ3) is 10.3. The smallest absolute Gasteiger partial charge is 0.122 e. The predicted octanol–water partition coefficient (Wildman–Crippen LogP) is 10.2. The van der Waals surface area contributed by atoms with Crippen LogP contribution >= 0.6 is 0 Å². The van der Waals surface area contributed by atoms with E-state index >= 15 is 0 Å². The standard InChI is InChI=1S/C28H32O2.C4H8O.C2H6.CH4O/c1-8-18(2)27(19(3)29)24-12-11-20-15-21(9-10-22(20)16-24)23-13-14-26(30-7)25(17-23)28(4,5)6;1-3-4(2)5;2*1-2/h9-17,29H,2,8H2,1,3-7H3;3,5H,1-2H3;1-2H3;2H,1H3/b27-19-;4-3+;;. The highest BCUT2D eigenvalue weighted by molar-refractivity contribution is 5.92. The van der Waals surface area contributed by atoms with E-state index < -0.39 is 0 Å². The molecule has 0 fully saturated rings. The van der Waals surface area contributed by atoms with Gasteiger partial charge in [-0.15, -0.1) is 0 Å². The predicted molar refractivity (Wildman–Crippen MR) is 171 cm³/mol. The summed E-state index contributed by atoms with van der Waals surface area (Å²) in [6.45, 7) is 21.9. The molecule has 4 heteroatoms. The van der Waals surface area contributed by atoms with Gasteiger partial charge in [0, 0.05) is 18.2 Å². The molecule has 39 heavy (non-hydrogen) atoms. The van der Waals surface area contributed by atoms with Gasteiger partial charge in [0.25, 0.3) is 0 Å². The maximum absolute atomic E-state index is 10.2. The van der Waals surface area contributed by atoms with Crippen molar-refractivity contribution in [1.82, 2.24) is 0 Å². The van der Waals surface area contributed by atoms with Gasteiger partial charge < -0.3 is 20.1 Å². The highest BCUT2D eigenvalue weighted by Gasteiger charge is 2.19. The Kier molecular flexibility index (Phi) is 15.6. The summed E-state index contributed by atoms with van der Waals surface area (Å²) in [5, 5.41) is 27.7. The first-order valence-electron chi connectivity index (χ1n) is 13.5. The lowest BCUT2D eigenvalue weighted by atomic mass is 9.84. The van der Waals surface area contributed by atoms with Gasteiger partial charge in [0.15, 0.2) is 0 Å². The van der Waals surface area contributed by atoms with Crippen LogP contribution in [0.1, 0.15) is 79.9 Å². The molecule has 0 aromatic heterocycles. The van der Waals surface area contributed by atoms with E-state index in [0.717, 1.165) is 41.4 Å². The van der Waals surface area contributed by atoms with Crippen LogP contribution in [-0.2, 0) is 5.41 Å². The van der Waals surface area contributed by atoms with E-state index in [1.54, 1.807) is 34.0 Å². The number of fused-ring (bicyclic) bond motifs is 1. The second kappa shape index (κ2) is 17.2. The first-order chi connectivity index (χ1) is 18.4. The van der Waals surface area contributed by atoms with E-state index in [4.69, 9.17) is 14.9 Å². The van der Waals surface area contributed by atoms with Crippen molar-refractivity contribution in [2.75, 3.05) is 14.2 Å². The average Bonchev–Trinajstić information content (AvgIpc) is 2.94. The van der Waals surface area contributed by atoms with Crippen molar-refractivity contribution in [1.29, 1.82) is 0 Å². The van der Waals surface area contributed by atoms with Gasteiger partial charge in [-0.25, -0.2) is 0 Å². The molecule has 0 atom stereocenters. The molecule has 0 heterocycles. The summed E-state index contributed by atoms with van der Waals surface area (Å²) >= 11 is 0. The number of hydrogen-bond acceptors (Lipinski definition) is 4. The van der Waals surface area contributed by atoms with Crippen molar-refractivity contribution in [3.05, 3.63) is 95.5 Å². The van der Waals surface area contributed by atoms with Gasteiger partial charge in [-0.05, 0) is 89.9 Å². The fourth-order valence-electron chi connectivity index (χ4n) is 3.90. The van der Waals surface area contributed by atoms with Gasteiger partial charge in [0.1, 0.15) is 5.75 Å². The highest BCUT2D eigenvalue weighted by Crippen LogP contribution is 2.36. The largest absolute Gasteiger partial charge is 0.513 e. The monoisotopic (exact) mass is 534 g/mol. The second-order valence-electron chi connectivity index (χ2n) is 9.79. The molecule has 0 aliphatic heterocycles. The molecular formula is C35H50O4. The van der Waals surface area contributed by atoms with Crippen LogP contribution in [0.5, 0.6) is 5.75 Å². The van der Waals surface area contributed by atoms with E-state index in [9.17, 15) is 5.11 Å². The Hall–Kier alpha value is -3.50. The Morgan fingerprint density at radius 2 is 1.36 bits per heavy atom. The van der Waals surface area contributed by atoms with Gasteiger partial charge in [-0.2, -0.15) is 0 Å². The molecule has 0 saturated heterocycles. The Labute approximate surface area is 237 Å². The van der Waals surface area contributed by atoms with Crippen molar-refractivity contribution >= 4 is 16.3 Å². The second-order valence-corrected chi connectivity index (χ2v) is 9.79. The quantitative estimate of drug-likeness (QED) is 0.225. The molecule has 0 aliphatic rings. The van der Waals surface area contributed by atoms with Crippen molar-refractivity contribution in [3.63, 3.8) is 0 Å². The SMILES string of the molecule is C/C=C(\C)O.C=C(CC)/C(=C(\C)O)c1ccc2cc(-c3ccc(OC)c(C(C)(C)C)c3)ccc2c1.CC.CO. The van der Waals surface area contributed by atoms with Crippen LogP contribution < -0.4 is 4.74 Å². The third-order valence-electron chi connectivity index (χ3n) is 6.03. The van der Waals surface area contributed by atoms with Crippen LogP contribution in [0.2, 0.25) is 0 Å². The molecule has 0 saturated carbocycles. The van der Waals surface area contributed by atoms with Gasteiger partial charge in [-0.3, -0.25) is 0 Å². The Balaban J connectivity index is 0.00000142. The summed E-state index contributed by atoms with van der Waals surface area (Å²) in [6, 6.07) is 19.2. The number of allylic oxidation sites excluding steroid dienone is 5. The number of ether oxygens (including phenoxy) is 1. The Morgan fingerprint density at radius 3 is 1.82 bits per heavy atom. The van der Waals surface area contributed by atoms with E-state index in [2.05, 4.69) is 88.9 Å².